The number of thiophene rings is 1. The maximum atomic E-state index is 5.20. The molecule has 3 nitrogen and oxygen atoms in total. The van der Waals surface area contributed by atoms with Crippen LogP contribution < -0.4 is 5.32 Å². The van der Waals surface area contributed by atoms with E-state index in [1.807, 2.05) is 6.07 Å². The number of fused-ring (bicyclic) bond motifs is 1. The van der Waals surface area contributed by atoms with Gasteiger partial charge in [0.1, 0.15) is 5.84 Å². The van der Waals surface area contributed by atoms with Gasteiger partial charge in [0.2, 0.25) is 0 Å². The first-order chi connectivity index (χ1) is 25.2. The fraction of sp³-hybridized carbons (Fsp3) is 0.106. The first-order valence-corrected chi connectivity index (χ1v) is 18.6. The highest BCUT2D eigenvalue weighted by Gasteiger charge is 2.23. The molecule has 0 radical (unpaired) electrons. The van der Waals surface area contributed by atoms with Gasteiger partial charge in [-0.25, -0.2) is 9.98 Å². The van der Waals surface area contributed by atoms with E-state index < -0.39 is 0 Å². The van der Waals surface area contributed by atoms with Crippen molar-refractivity contribution in [1.29, 1.82) is 0 Å². The highest BCUT2D eigenvalue weighted by molar-refractivity contribution is 7.19. The lowest BCUT2D eigenvalue weighted by atomic mass is 9.87. The molecule has 3 aliphatic rings. The van der Waals surface area contributed by atoms with Gasteiger partial charge in [-0.2, -0.15) is 0 Å². The minimum atomic E-state index is -0.242. The molecule has 0 bridgehead atoms. The smallest absolute Gasteiger partial charge is 0.159 e. The molecule has 246 valence electrons. The van der Waals surface area contributed by atoms with E-state index in [4.69, 9.17) is 9.98 Å². The number of benzene rings is 5. The molecular formula is C47H37N3S. The average Bonchev–Trinajstić information content (AvgIpc) is 3.66. The second-order valence-corrected chi connectivity index (χ2v) is 14.3. The van der Waals surface area contributed by atoms with Crippen LogP contribution in [0.25, 0.3) is 43.5 Å². The molecule has 1 unspecified atom stereocenters. The fourth-order valence-corrected chi connectivity index (χ4v) is 8.17. The van der Waals surface area contributed by atoms with Crippen LogP contribution in [-0.2, 0) is 0 Å². The minimum absolute atomic E-state index is 0.242. The lowest BCUT2D eigenvalue weighted by molar-refractivity contribution is 0.687. The monoisotopic (exact) mass is 675 g/mol. The zero-order valence-corrected chi connectivity index (χ0v) is 29.1. The highest BCUT2D eigenvalue weighted by Crippen LogP contribution is 2.36. The molecule has 0 saturated heterocycles. The largest absolute Gasteiger partial charge is 0.343 e. The van der Waals surface area contributed by atoms with Gasteiger partial charge in [0.15, 0.2) is 12.0 Å². The third kappa shape index (κ3) is 6.47. The summed E-state index contributed by atoms with van der Waals surface area (Å²) in [5, 5.41) is 4.90. The third-order valence-corrected chi connectivity index (χ3v) is 11.0. The molecule has 0 amide bonds. The van der Waals surface area contributed by atoms with Crippen LogP contribution in [0.2, 0.25) is 0 Å². The molecule has 2 aliphatic carbocycles. The summed E-state index contributed by atoms with van der Waals surface area (Å²) in [6.45, 7) is 0. The number of nitrogens with zero attached hydrogens (tertiary/aromatic N) is 2. The molecule has 9 rings (SSSR count). The van der Waals surface area contributed by atoms with Crippen molar-refractivity contribution in [2.75, 3.05) is 0 Å². The molecule has 1 aromatic heterocycles. The Morgan fingerprint density at radius 1 is 0.529 bits per heavy atom. The summed E-state index contributed by atoms with van der Waals surface area (Å²) >= 11 is 1.78. The van der Waals surface area contributed by atoms with E-state index in [1.165, 1.54) is 59.5 Å². The molecule has 6 aromatic rings. The van der Waals surface area contributed by atoms with Crippen molar-refractivity contribution in [1.82, 2.24) is 5.32 Å². The van der Waals surface area contributed by atoms with E-state index in [1.54, 1.807) is 11.3 Å². The van der Waals surface area contributed by atoms with Gasteiger partial charge in [0.25, 0.3) is 0 Å². The summed E-state index contributed by atoms with van der Waals surface area (Å²) < 4.78 is 1.26. The predicted molar refractivity (Wildman–Crippen MR) is 217 cm³/mol. The van der Waals surface area contributed by atoms with Gasteiger partial charge in [-0.1, -0.05) is 146 Å². The number of allylic oxidation sites excluding steroid dienone is 8. The Bertz CT molecular complexity index is 2390. The maximum absolute atomic E-state index is 5.20. The molecule has 1 N–H and O–H groups in total. The normalized spacial score (nSPS) is 17.0. The first kappa shape index (κ1) is 31.2. The number of hydrogen-bond acceptors (Lipinski definition) is 4. The van der Waals surface area contributed by atoms with Gasteiger partial charge in [0, 0.05) is 15.8 Å². The molecule has 0 spiro atoms. The molecule has 0 saturated carbocycles. The van der Waals surface area contributed by atoms with E-state index >= 15 is 0 Å². The third-order valence-electron chi connectivity index (χ3n) is 9.83. The number of rotatable bonds is 7. The molecule has 51 heavy (non-hydrogen) atoms. The van der Waals surface area contributed by atoms with Crippen LogP contribution in [0.15, 0.2) is 174 Å². The second-order valence-electron chi connectivity index (χ2n) is 13.2. The van der Waals surface area contributed by atoms with E-state index in [0.29, 0.717) is 0 Å². The topological polar surface area (TPSA) is 36.8 Å². The Morgan fingerprint density at radius 3 is 1.84 bits per heavy atom. The summed E-state index contributed by atoms with van der Waals surface area (Å²) in [6, 6.07) is 45.6. The molecule has 0 fully saturated rings. The quantitative estimate of drug-likeness (QED) is 0.180. The first-order valence-electron chi connectivity index (χ1n) is 17.8. The van der Waals surface area contributed by atoms with Gasteiger partial charge in [0.05, 0.1) is 4.88 Å². The maximum Gasteiger partial charge on any atom is 0.159 e. The lowest BCUT2D eigenvalue weighted by Gasteiger charge is -2.23. The number of aliphatic imine (C=N–C) groups is 2. The van der Waals surface area contributed by atoms with Crippen LogP contribution in [0.5, 0.6) is 0 Å². The van der Waals surface area contributed by atoms with Crippen molar-refractivity contribution >= 4 is 44.2 Å². The second kappa shape index (κ2) is 13.8. The standard InChI is InChI=1S/C47H37N3S/c1-4-12-32(13-5-1)33-20-24-37(25-21-33)45-48-46(50-47(49-45)44-31-40-18-10-11-19-43(40)51-44)38-26-22-34(23-27-38)39-28-29-41(35-14-6-2-7-15-35)42(30-39)36-16-8-3-9-17-36/h1,4-6,8,10-31,47H,2-3,7,9H2,(H,48,49,50). The number of hydrogen-bond donors (Lipinski definition) is 1. The van der Waals surface area contributed by atoms with Crippen LogP contribution in [-0.4, -0.2) is 11.7 Å². The summed E-state index contributed by atoms with van der Waals surface area (Å²) in [5.74, 6) is 1.56. The lowest BCUT2D eigenvalue weighted by Crippen LogP contribution is -2.33. The predicted octanol–water partition coefficient (Wildman–Crippen LogP) is 12.2. The van der Waals surface area contributed by atoms with Gasteiger partial charge in [-0.3, -0.25) is 0 Å². The summed E-state index contributed by atoms with van der Waals surface area (Å²) in [5.41, 5.74) is 12.0. The highest BCUT2D eigenvalue weighted by atomic mass is 32.1. The number of nitrogens with one attached hydrogen (secondary N) is 1. The Hall–Kier alpha value is -5.84. The van der Waals surface area contributed by atoms with Crippen LogP contribution in [0.4, 0.5) is 0 Å². The fourth-order valence-electron chi connectivity index (χ4n) is 7.11. The van der Waals surface area contributed by atoms with Crippen molar-refractivity contribution in [2.24, 2.45) is 9.98 Å². The van der Waals surface area contributed by atoms with Gasteiger partial charge in [-0.15, -0.1) is 11.3 Å². The molecule has 1 aliphatic heterocycles. The van der Waals surface area contributed by atoms with Crippen molar-refractivity contribution in [2.45, 2.75) is 31.8 Å². The van der Waals surface area contributed by atoms with Gasteiger partial charge < -0.3 is 5.32 Å². The van der Waals surface area contributed by atoms with Crippen LogP contribution in [0.1, 0.15) is 59.0 Å². The van der Waals surface area contributed by atoms with Crippen molar-refractivity contribution in [3.05, 3.63) is 191 Å². The number of amidine groups is 2. The summed E-state index contributed by atoms with van der Waals surface area (Å²) in [6.07, 6.45) is 18.1. The van der Waals surface area contributed by atoms with E-state index in [0.717, 1.165) is 48.5 Å². The van der Waals surface area contributed by atoms with Crippen molar-refractivity contribution in [3.8, 4) is 22.3 Å². The Balaban J connectivity index is 1.07. The average molecular weight is 676 g/mol. The molecular weight excluding hydrogens is 639 g/mol. The van der Waals surface area contributed by atoms with Crippen molar-refractivity contribution < 1.29 is 0 Å². The zero-order valence-electron chi connectivity index (χ0n) is 28.3. The summed E-state index contributed by atoms with van der Waals surface area (Å²) in [7, 11) is 0. The summed E-state index contributed by atoms with van der Waals surface area (Å²) in [4.78, 5) is 11.5. The van der Waals surface area contributed by atoms with Crippen LogP contribution >= 0.6 is 11.3 Å². The van der Waals surface area contributed by atoms with Gasteiger partial charge in [-0.05, 0) is 93.8 Å². The molecule has 4 heteroatoms. The molecule has 2 heterocycles. The van der Waals surface area contributed by atoms with Crippen LogP contribution in [0.3, 0.4) is 0 Å². The van der Waals surface area contributed by atoms with E-state index in [9.17, 15) is 0 Å². The van der Waals surface area contributed by atoms with E-state index in [2.05, 4.69) is 163 Å². The zero-order chi connectivity index (χ0) is 34.0. The molecule has 5 aromatic carbocycles. The minimum Gasteiger partial charge on any atom is -0.343 e. The van der Waals surface area contributed by atoms with Crippen LogP contribution in [0, 0.1) is 0 Å². The Labute approximate surface area is 303 Å². The van der Waals surface area contributed by atoms with E-state index in [-0.39, 0.29) is 6.17 Å². The van der Waals surface area contributed by atoms with Gasteiger partial charge >= 0.3 is 0 Å². The SMILES string of the molecule is C1=CC(c2ccc(-c3ccc(C4=NC(c5cc6ccccc6s5)NC(c5ccc(-c6ccccc6)cc5)=N4)cc3)cc2C2=CCCC=C2)=CCC1. The Kier molecular flexibility index (Phi) is 8.44. The molecule has 1 atom stereocenters. The Morgan fingerprint density at radius 2 is 1.14 bits per heavy atom. The van der Waals surface area contributed by atoms with Crippen molar-refractivity contribution in [3.63, 3.8) is 0 Å².